The standard InChI is InChI=1S/C27H22F2N6O3S/c1-27(2,3)25(36)34-26-32-14-16-13-15(7-9-18(16)33-26)22-17(28)8-10-19(23(22)29)35-39(37,38)21-6-4-5-20-24(21)31-12-11-30-20/h4-14,35H,1-3H3,(H,32,33,34,36). The number of sulfonamides is 1. The second-order valence-corrected chi connectivity index (χ2v) is 11.4. The Morgan fingerprint density at radius 2 is 1.69 bits per heavy atom. The molecule has 12 heteroatoms. The van der Waals surface area contributed by atoms with Gasteiger partial charge in [0.1, 0.15) is 16.2 Å². The lowest BCUT2D eigenvalue weighted by Crippen LogP contribution is -2.28. The number of fused-ring (bicyclic) bond motifs is 2. The van der Waals surface area contributed by atoms with Gasteiger partial charge >= 0.3 is 0 Å². The van der Waals surface area contributed by atoms with Gasteiger partial charge in [-0.05, 0) is 42.0 Å². The maximum atomic E-state index is 15.6. The van der Waals surface area contributed by atoms with Crippen molar-refractivity contribution < 1.29 is 22.0 Å². The SMILES string of the molecule is CC(C)(C)C(=O)Nc1ncc2cc(-c3c(F)ccc(NS(=O)(=O)c4cccc5nccnc45)c3F)ccc2n1. The lowest BCUT2D eigenvalue weighted by atomic mass is 9.96. The normalized spacial score (nSPS) is 12.0. The molecule has 39 heavy (non-hydrogen) atoms. The molecule has 0 radical (unpaired) electrons. The summed E-state index contributed by atoms with van der Waals surface area (Å²) in [6.45, 7) is 5.26. The molecule has 0 aliphatic carbocycles. The number of aromatic nitrogens is 4. The highest BCUT2D eigenvalue weighted by Gasteiger charge is 2.24. The first kappa shape index (κ1) is 26.0. The van der Waals surface area contributed by atoms with Crippen molar-refractivity contribution in [2.45, 2.75) is 25.7 Å². The van der Waals surface area contributed by atoms with E-state index >= 15 is 4.39 Å². The van der Waals surface area contributed by atoms with Crippen LogP contribution in [-0.2, 0) is 14.8 Å². The van der Waals surface area contributed by atoms with E-state index in [1.165, 1.54) is 48.9 Å². The van der Waals surface area contributed by atoms with Crippen LogP contribution in [0.25, 0.3) is 33.1 Å². The summed E-state index contributed by atoms with van der Waals surface area (Å²) >= 11 is 0. The van der Waals surface area contributed by atoms with Gasteiger partial charge in [-0.3, -0.25) is 24.8 Å². The molecule has 0 fully saturated rings. The third-order valence-electron chi connectivity index (χ3n) is 5.86. The average molecular weight is 549 g/mol. The molecule has 5 rings (SSSR count). The maximum Gasteiger partial charge on any atom is 0.264 e. The molecule has 198 valence electrons. The number of hydrogen-bond donors (Lipinski definition) is 2. The van der Waals surface area contributed by atoms with Crippen LogP contribution < -0.4 is 10.0 Å². The number of amides is 1. The molecule has 0 atom stereocenters. The number of anilines is 2. The van der Waals surface area contributed by atoms with Gasteiger partial charge in [0, 0.05) is 29.4 Å². The number of nitrogens with one attached hydrogen (secondary N) is 2. The fourth-order valence-electron chi connectivity index (χ4n) is 3.82. The zero-order chi connectivity index (χ0) is 27.9. The van der Waals surface area contributed by atoms with Crippen LogP contribution >= 0.6 is 0 Å². The van der Waals surface area contributed by atoms with Crippen molar-refractivity contribution in [2.24, 2.45) is 5.41 Å². The van der Waals surface area contributed by atoms with Crippen LogP contribution in [0.2, 0.25) is 0 Å². The molecule has 0 aliphatic rings. The second kappa shape index (κ2) is 9.62. The van der Waals surface area contributed by atoms with E-state index in [1.807, 2.05) is 0 Å². The van der Waals surface area contributed by atoms with E-state index < -0.39 is 38.3 Å². The Labute approximate surface area is 222 Å². The van der Waals surface area contributed by atoms with E-state index in [4.69, 9.17) is 0 Å². The third kappa shape index (κ3) is 5.10. The summed E-state index contributed by atoms with van der Waals surface area (Å²) in [6.07, 6.45) is 4.20. The van der Waals surface area contributed by atoms with Crippen LogP contribution in [-0.4, -0.2) is 34.3 Å². The van der Waals surface area contributed by atoms with Gasteiger partial charge < -0.3 is 0 Å². The third-order valence-corrected chi connectivity index (χ3v) is 7.26. The van der Waals surface area contributed by atoms with E-state index in [9.17, 15) is 17.6 Å². The highest BCUT2D eigenvalue weighted by Crippen LogP contribution is 2.34. The van der Waals surface area contributed by atoms with Gasteiger partial charge in [0.15, 0.2) is 5.82 Å². The summed E-state index contributed by atoms with van der Waals surface area (Å²) in [5, 5.41) is 3.10. The van der Waals surface area contributed by atoms with Gasteiger partial charge in [-0.1, -0.05) is 32.9 Å². The fraction of sp³-hybridized carbons (Fsp3) is 0.148. The molecule has 2 N–H and O–H groups in total. The van der Waals surface area contributed by atoms with E-state index in [2.05, 4.69) is 30.0 Å². The zero-order valence-electron chi connectivity index (χ0n) is 21.0. The van der Waals surface area contributed by atoms with E-state index in [1.54, 1.807) is 26.8 Å². The lowest BCUT2D eigenvalue weighted by Gasteiger charge is -2.16. The van der Waals surface area contributed by atoms with Gasteiger partial charge in [-0.2, -0.15) is 0 Å². The first-order valence-corrected chi connectivity index (χ1v) is 13.2. The van der Waals surface area contributed by atoms with Gasteiger partial charge in [-0.15, -0.1) is 0 Å². The molecule has 2 heterocycles. The molecular formula is C27H22F2N6O3S. The number of hydrogen-bond acceptors (Lipinski definition) is 7. The van der Waals surface area contributed by atoms with Gasteiger partial charge in [-0.25, -0.2) is 27.2 Å². The first-order valence-electron chi connectivity index (χ1n) is 11.7. The summed E-state index contributed by atoms with van der Waals surface area (Å²) in [4.78, 5) is 28.6. The predicted molar refractivity (Wildman–Crippen MR) is 143 cm³/mol. The van der Waals surface area contributed by atoms with Crippen molar-refractivity contribution in [3.8, 4) is 11.1 Å². The van der Waals surface area contributed by atoms with Gasteiger partial charge in [0.05, 0.1) is 22.3 Å². The van der Waals surface area contributed by atoms with E-state index in [-0.39, 0.29) is 27.8 Å². The van der Waals surface area contributed by atoms with Crippen molar-refractivity contribution in [2.75, 3.05) is 10.0 Å². The molecule has 1 amide bonds. The summed E-state index contributed by atoms with van der Waals surface area (Å²) in [6, 6.07) is 10.9. The topological polar surface area (TPSA) is 127 Å². The second-order valence-electron chi connectivity index (χ2n) is 9.74. The van der Waals surface area contributed by atoms with Gasteiger partial charge in [0.2, 0.25) is 11.9 Å². The fourth-order valence-corrected chi connectivity index (χ4v) is 5.04. The van der Waals surface area contributed by atoms with Crippen molar-refractivity contribution in [1.29, 1.82) is 0 Å². The average Bonchev–Trinajstić information content (AvgIpc) is 2.89. The van der Waals surface area contributed by atoms with Crippen LogP contribution in [0.1, 0.15) is 20.8 Å². The van der Waals surface area contributed by atoms with Crippen molar-refractivity contribution >= 4 is 49.5 Å². The van der Waals surface area contributed by atoms with Crippen molar-refractivity contribution in [3.05, 3.63) is 78.8 Å². The summed E-state index contributed by atoms with van der Waals surface area (Å²) < 4.78 is 59.0. The van der Waals surface area contributed by atoms with Crippen LogP contribution in [0.5, 0.6) is 0 Å². The molecule has 0 bridgehead atoms. The molecule has 0 saturated carbocycles. The molecule has 2 aromatic heterocycles. The summed E-state index contributed by atoms with van der Waals surface area (Å²) in [7, 11) is -4.30. The molecule has 0 saturated heterocycles. The first-order chi connectivity index (χ1) is 18.4. The highest BCUT2D eigenvalue weighted by molar-refractivity contribution is 7.93. The molecule has 0 unspecified atom stereocenters. The summed E-state index contributed by atoms with van der Waals surface area (Å²) in [5.74, 6) is -2.15. The Bertz CT molecular complexity index is 1870. The van der Waals surface area contributed by atoms with Gasteiger partial charge in [0.25, 0.3) is 10.0 Å². The Morgan fingerprint density at radius 1 is 0.923 bits per heavy atom. The minimum Gasteiger partial charge on any atom is -0.294 e. The van der Waals surface area contributed by atoms with Crippen molar-refractivity contribution in [1.82, 2.24) is 19.9 Å². The number of para-hydroxylation sites is 1. The molecule has 0 aliphatic heterocycles. The predicted octanol–water partition coefficient (Wildman–Crippen LogP) is 5.30. The molecule has 0 spiro atoms. The largest absolute Gasteiger partial charge is 0.294 e. The maximum absolute atomic E-state index is 15.6. The van der Waals surface area contributed by atoms with Crippen LogP contribution in [0.15, 0.2) is 72.0 Å². The number of carbonyl (C=O) groups is 1. The smallest absolute Gasteiger partial charge is 0.264 e. The molecule has 5 aromatic rings. The lowest BCUT2D eigenvalue weighted by molar-refractivity contribution is -0.123. The quantitative estimate of drug-likeness (QED) is 0.305. The van der Waals surface area contributed by atoms with E-state index in [0.29, 0.717) is 16.4 Å². The Kier molecular flexibility index (Phi) is 6.43. The van der Waals surface area contributed by atoms with Crippen LogP contribution in [0.4, 0.5) is 20.4 Å². The van der Waals surface area contributed by atoms with Crippen LogP contribution in [0.3, 0.4) is 0 Å². The molecule has 9 nitrogen and oxygen atoms in total. The highest BCUT2D eigenvalue weighted by atomic mass is 32.2. The Hall–Kier alpha value is -4.58. The number of benzene rings is 3. The number of nitrogens with zero attached hydrogens (tertiary/aromatic N) is 4. The monoisotopic (exact) mass is 548 g/mol. The van der Waals surface area contributed by atoms with E-state index in [0.717, 1.165) is 12.1 Å². The molecule has 3 aromatic carbocycles. The number of rotatable bonds is 5. The van der Waals surface area contributed by atoms with Crippen LogP contribution in [0, 0.1) is 17.0 Å². The summed E-state index contributed by atoms with van der Waals surface area (Å²) in [5.41, 5.74) is -0.478. The minimum atomic E-state index is -4.30. The number of halogens is 2. The Balaban J connectivity index is 1.50. The number of carbonyl (C=O) groups excluding carboxylic acids is 1. The van der Waals surface area contributed by atoms with Crippen molar-refractivity contribution in [3.63, 3.8) is 0 Å². The zero-order valence-corrected chi connectivity index (χ0v) is 21.8. The molecular weight excluding hydrogens is 526 g/mol. The Morgan fingerprint density at radius 3 is 2.46 bits per heavy atom. The minimum absolute atomic E-state index is 0.0991.